The smallest absolute Gasteiger partial charge is 0.303 e. The third kappa shape index (κ3) is 6.40. The molecule has 3 aromatic carbocycles. The number of aliphatic carboxylic acids is 1. The van der Waals surface area contributed by atoms with Crippen LogP contribution in [0.2, 0.25) is 5.02 Å². The second-order valence-corrected chi connectivity index (χ2v) is 8.56. The zero-order valence-electron chi connectivity index (χ0n) is 17.4. The average molecular weight is 534 g/mol. The van der Waals surface area contributed by atoms with Gasteiger partial charge in [0.15, 0.2) is 5.78 Å². The monoisotopic (exact) mass is 532 g/mol. The number of hydrogen-bond donors (Lipinski definition) is 3. The summed E-state index contributed by atoms with van der Waals surface area (Å²) in [7, 11) is 0. The minimum absolute atomic E-state index is 0.160. The van der Waals surface area contributed by atoms with Gasteiger partial charge in [-0.15, -0.1) is 0 Å². The van der Waals surface area contributed by atoms with Gasteiger partial charge in [-0.25, -0.2) is 4.39 Å². The van der Waals surface area contributed by atoms with Crippen LogP contribution in [0.4, 0.5) is 21.5 Å². The number of nitrogens with one attached hydrogen (secondary N) is 2. The molecule has 0 aliphatic rings. The van der Waals surface area contributed by atoms with E-state index >= 15 is 0 Å². The predicted molar refractivity (Wildman–Crippen MR) is 129 cm³/mol. The molecular weight excluding hydrogens is 515 g/mol. The number of rotatable bonds is 8. The molecule has 0 radical (unpaired) electrons. The molecule has 0 spiro atoms. The Kier molecular flexibility index (Phi) is 7.84. The molecule has 0 heterocycles. The lowest BCUT2D eigenvalue weighted by Crippen LogP contribution is -2.14. The number of carboxylic acids is 1. The molecule has 0 saturated heterocycles. The van der Waals surface area contributed by atoms with Crippen LogP contribution < -0.4 is 10.6 Å². The summed E-state index contributed by atoms with van der Waals surface area (Å²) in [5.41, 5.74) is 2.70. The average Bonchev–Trinajstić information content (AvgIpc) is 2.74. The fraction of sp³-hybridized carbons (Fsp3) is 0.125. The fourth-order valence-corrected chi connectivity index (χ4v) is 3.75. The maximum atomic E-state index is 13.4. The van der Waals surface area contributed by atoms with Gasteiger partial charge in [0.1, 0.15) is 5.82 Å². The molecule has 33 heavy (non-hydrogen) atoms. The number of carboxylic acid groups (broad SMARTS) is 1. The molecule has 3 N–H and O–H groups in total. The number of anilines is 3. The molecule has 0 aromatic heterocycles. The van der Waals surface area contributed by atoms with E-state index in [2.05, 4.69) is 26.6 Å². The van der Waals surface area contributed by atoms with E-state index in [0.29, 0.717) is 28.2 Å². The lowest BCUT2D eigenvalue weighted by Gasteiger charge is -2.15. The molecule has 0 atom stereocenters. The SMILES string of the molecule is Cc1cc(F)ccc1C(=O)c1ccc(Nc2ccc(Br)cc2NC(=O)CCC(=O)O)cc1Cl. The van der Waals surface area contributed by atoms with Crippen LogP contribution >= 0.6 is 27.5 Å². The highest BCUT2D eigenvalue weighted by Gasteiger charge is 2.16. The van der Waals surface area contributed by atoms with Crippen LogP contribution in [0.3, 0.4) is 0 Å². The van der Waals surface area contributed by atoms with E-state index in [4.69, 9.17) is 16.7 Å². The van der Waals surface area contributed by atoms with Crippen LogP contribution in [0.1, 0.15) is 34.3 Å². The Hall–Kier alpha value is -3.23. The first-order valence-corrected chi connectivity index (χ1v) is 11.0. The predicted octanol–water partition coefficient (Wildman–Crippen LogP) is 6.33. The normalized spacial score (nSPS) is 10.5. The van der Waals surface area contributed by atoms with Crippen molar-refractivity contribution in [2.45, 2.75) is 19.8 Å². The Balaban J connectivity index is 1.82. The van der Waals surface area contributed by atoms with Gasteiger partial charge in [0.2, 0.25) is 5.91 Å². The minimum atomic E-state index is -1.06. The molecule has 3 rings (SSSR count). The van der Waals surface area contributed by atoms with Gasteiger partial charge in [-0.2, -0.15) is 0 Å². The molecule has 6 nitrogen and oxygen atoms in total. The summed E-state index contributed by atoms with van der Waals surface area (Å²) in [5, 5.41) is 14.8. The maximum absolute atomic E-state index is 13.4. The number of benzene rings is 3. The van der Waals surface area contributed by atoms with Crippen molar-refractivity contribution in [1.82, 2.24) is 0 Å². The Labute approximate surface area is 202 Å². The van der Waals surface area contributed by atoms with Crippen molar-refractivity contribution in [2.75, 3.05) is 10.6 Å². The summed E-state index contributed by atoms with van der Waals surface area (Å²) in [6.45, 7) is 1.65. The van der Waals surface area contributed by atoms with E-state index in [9.17, 15) is 18.8 Å². The quantitative estimate of drug-likeness (QED) is 0.294. The van der Waals surface area contributed by atoms with Gasteiger partial charge in [-0.3, -0.25) is 14.4 Å². The van der Waals surface area contributed by atoms with E-state index in [1.807, 2.05) is 0 Å². The number of hydrogen-bond acceptors (Lipinski definition) is 4. The molecule has 9 heteroatoms. The van der Waals surface area contributed by atoms with Gasteiger partial charge in [0, 0.05) is 27.7 Å². The number of amides is 1. The van der Waals surface area contributed by atoms with Crippen molar-refractivity contribution in [3.8, 4) is 0 Å². The van der Waals surface area contributed by atoms with Crippen LogP contribution in [-0.4, -0.2) is 22.8 Å². The van der Waals surface area contributed by atoms with E-state index in [0.717, 1.165) is 4.47 Å². The molecule has 0 fully saturated rings. The van der Waals surface area contributed by atoms with Crippen molar-refractivity contribution in [2.24, 2.45) is 0 Å². The first kappa shape index (κ1) is 24.4. The lowest BCUT2D eigenvalue weighted by molar-refractivity contribution is -0.138. The van der Waals surface area contributed by atoms with Gasteiger partial charge in [-0.05, 0) is 67.1 Å². The highest BCUT2D eigenvalue weighted by Crippen LogP contribution is 2.31. The molecule has 170 valence electrons. The third-order valence-corrected chi connectivity index (χ3v) is 5.55. The second kappa shape index (κ2) is 10.6. The summed E-state index contributed by atoms with van der Waals surface area (Å²) in [6, 6.07) is 13.9. The van der Waals surface area contributed by atoms with Crippen LogP contribution in [0.5, 0.6) is 0 Å². The fourth-order valence-electron chi connectivity index (χ4n) is 3.12. The van der Waals surface area contributed by atoms with Crippen molar-refractivity contribution in [3.63, 3.8) is 0 Å². The standard InChI is InChI=1S/C24H19BrClFN2O4/c1-13-10-15(27)3-5-17(13)24(33)18-6-4-16(12-19(18)26)28-20-7-2-14(25)11-21(20)29-22(30)8-9-23(31)32/h2-7,10-12,28H,8-9H2,1H3,(H,29,30)(H,31,32). The van der Waals surface area contributed by atoms with Gasteiger partial charge < -0.3 is 15.7 Å². The van der Waals surface area contributed by atoms with Crippen LogP contribution in [0, 0.1) is 12.7 Å². The van der Waals surface area contributed by atoms with Crippen molar-refractivity contribution < 1.29 is 23.9 Å². The molecule has 0 bridgehead atoms. The van der Waals surface area contributed by atoms with Crippen molar-refractivity contribution in [3.05, 3.63) is 86.6 Å². The third-order valence-electron chi connectivity index (χ3n) is 4.75. The Morgan fingerprint density at radius 3 is 2.36 bits per heavy atom. The number of carbonyl (C=O) groups is 3. The van der Waals surface area contributed by atoms with Crippen molar-refractivity contribution in [1.29, 1.82) is 0 Å². The van der Waals surface area contributed by atoms with E-state index in [-0.39, 0.29) is 29.2 Å². The second-order valence-electron chi connectivity index (χ2n) is 7.24. The number of halogens is 3. The van der Waals surface area contributed by atoms with Crippen molar-refractivity contribution >= 4 is 62.3 Å². The summed E-state index contributed by atoms with van der Waals surface area (Å²) in [5.74, 6) is -2.24. The largest absolute Gasteiger partial charge is 0.481 e. The Morgan fingerprint density at radius 2 is 1.70 bits per heavy atom. The van der Waals surface area contributed by atoms with Gasteiger partial charge in [-0.1, -0.05) is 27.5 Å². The summed E-state index contributed by atoms with van der Waals surface area (Å²) >= 11 is 9.72. The lowest BCUT2D eigenvalue weighted by atomic mass is 9.99. The summed E-state index contributed by atoms with van der Waals surface area (Å²) in [4.78, 5) is 35.7. The van der Waals surface area contributed by atoms with E-state index in [1.54, 1.807) is 43.3 Å². The first-order valence-electron chi connectivity index (χ1n) is 9.82. The number of aryl methyl sites for hydroxylation is 1. The molecule has 0 unspecified atom stereocenters. The summed E-state index contributed by atoms with van der Waals surface area (Å²) in [6.07, 6.45) is -0.437. The highest BCUT2D eigenvalue weighted by atomic mass is 79.9. The first-order chi connectivity index (χ1) is 15.6. The Bertz CT molecular complexity index is 1250. The molecule has 0 saturated carbocycles. The minimum Gasteiger partial charge on any atom is -0.481 e. The van der Waals surface area contributed by atoms with Crippen LogP contribution in [0.25, 0.3) is 0 Å². The molecule has 0 aliphatic heterocycles. The highest BCUT2D eigenvalue weighted by molar-refractivity contribution is 9.10. The van der Waals surface area contributed by atoms with Gasteiger partial charge in [0.25, 0.3) is 0 Å². The summed E-state index contributed by atoms with van der Waals surface area (Å²) < 4.78 is 14.1. The van der Waals surface area contributed by atoms with Crippen LogP contribution in [-0.2, 0) is 9.59 Å². The Morgan fingerprint density at radius 1 is 0.970 bits per heavy atom. The molecular formula is C24H19BrClFN2O4. The zero-order valence-corrected chi connectivity index (χ0v) is 19.8. The van der Waals surface area contributed by atoms with E-state index in [1.165, 1.54) is 18.2 Å². The van der Waals surface area contributed by atoms with Crippen LogP contribution in [0.15, 0.2) is 59.1 Å². The number of ketones is 1. The number of carbonyl (C=O) groups excluding carboxylic acids is 2. The van der Waals surface area contributed by atoms with Gasteiger partial charge >= 0.3 is 5.97 Å². The zero-order chi connectivity index (χ0) is 24.1. The van der Waals surface area contributed by atoms with Gasteiger partial charge in [0.05, 0.1) is 22.8 Å². The van der Waals surface area contributed by atoms with E-state index < -0.39 is 17.7 Å². The molecule has 0 aliphatic carbocycles. The molecule has 1 amide bonds. The maximum Gasteiger partial charge on any atom is 0.303 e. The topological polar surface area (TPSA) is 95.5 Å². The molecule has 3 aromatic rings.